The van der Waals surface area contributed by atoms with Crippen molar-refractivity contribution < 1.29 is 9.59 Å². The minimum absolute atomic E-state index is 0.0672. The highest BCUT2D eigenvalue weighted by atomic mass is 16.2. The minimum atomic E-state index is -0.144. The number of likely N-dealkylation sites (N-methyl/N-ethyl adjacent to an activating group) is 2. The van der Waals surface area contributed by atoms with Crippen LogP contribution in [0.3, 0.4) is 0 Å². The molecular formula is C30H46N6O2. The van der Waals surface area contributed by atoms with Crippen LogP contribution in [0.2, 0.25) is 0 Å². The van der Waals surface area contributed by atoms with Crippen LogP contribution in [0.1, 0.15) is 57.7 Å². The van der Waals surface area contributed by atoms with Crippen LogP contribution in [0.4, 0.5) is 5.69 Å². The molecule has 1 aromatic heterocycles. The second kappa shape index (κ2) is 14.5. The van der Waals surface area contributed by atoms with Crippen LogP contribution in [0, 0.1) is 12.8 Å². The standard InChI is InChI=1S/C23H28N6O2.C4H10.C3H8/c1-16-9-21-19(11-25-26(21)3)10-20(16)28(14-22(30)24-2)15-23(31)27(4)29-12-17-7-5-6-8-18(17)13-29;1-4(2)3;1-3-2/h5-11H,12-15H2,1-4H3,(H,24,30);4H,1-3H3;3H2,1-2H3. The van der Waals surface area contributed by atoms with Crippen molar-refractivity contribution in [2.45, 2.75) is 61.1 Å². The number of aryl methyl sites for hydroxylation is 2. The number of amides is 2. The number of benzene rings is 2. The molecule has 38 heavy (non-hydrogen) atoms. The second-order valence-corrected chi connectivity index (χ2v) is 10.4. The fourth-order valence-corrected chi connectivity index (χ4v) is 4.06. The average molecular weight is 523 g/mol. The minimum Gasteiger partial charge on any atom is -0.358 e. The maximum atomic E-state index is 13.2. The van der Waals surface area contributed by atoms with Crippen molar-refractivity contribution in [1.29, 1.82) is 0 Å². The molecule has 3 aromatic rings. The Balaban J connectivity index is 0.000000650. The molecule has 4 rings (SSSR count). The molecule has 208 valence electrons. The molecule has 0 fully saturated rings. The third-order valence-corrected chi connectivity index (χ3v) is 5.95. The predicted octanol–water partition coefficient (Wildman–Crippen LogP) is 4.90. The van der Waals surface area contributed by atoms with Crippen molar-refractivity contribution in [1.82, 2.24) is 25.1 Å². The smallest absolute Gasteiger partial charge is 0.256 e. The summed E-state index contributed by atoms with van der Waals surface area (Å²) in [6, 6.07) is 12.3. The molecule has 2 aromatic carbocycles. The Kier molecular flexibility index (Phi) is 11.8. The van der Waals surface area contributed by atoms with Crippen molar-refractivity contribution in [3.63, 3.8) is 0 Å². The SMILES string of the molecule is CC(C)C.CCC.CNC(=O)CN(CC(=O)N(C)N1Cc2ccccc2C1)c1cc2cnn(C)c2cc1C. The number of carbonyl (C=O) groups excluding carboxylic acids is 2. The van der Waals surface area contributed by atoms with E-state index in [1.54, 1.807) is 25.3 Å². The molecule has 8 nitrogen and oxygen atoms in total. The third-order valence-electron chi connectivity index (χ3n) is 5.95. The molecule has 0 radical (unpaired) electrons. The fourth-order valence-electron chi connectivity index (χ4n) is 4.06. The van der Waals surface area contributed by atoms with Gasteiger partial charge in [-0.2, -0.15) is 5.10 Å². The number of aromatic nitrogens is 2. The van der Waals surface area contributed by atoms with Gasteiger partial charge in [-0.1, -0.05) is 65.3 Å². The molecule has 1 aliphatic rings. The van der Waals surface area contributed by atoms with Gasteiger partial charge >= 0.3 is 0 Å². The van der Waals surface area contributed by atoms with Gasteiger partial charge in [-0.05, 0) is 41.7 Å². The number of hydrazine groups is 1. The summed E-state index contributed by atoms with van der Waals surface area (Å²) in [6.45, 7) is 14.3. The zero-order valence-corrected chi connectivity index (χ0v) is 24.7. The van der Waals surface area contributed by atoms with Crippen molar-refractivity contribution >= 4 is 28.4 Å². The molecule has 2 amide bonds. The Bertz CT molecular complexity index is 1170. The molecule has 0 spiro atoms. The number of anilines is 1. The average Bonchev–Trinajstić information content (AvgIpc) is 3.46. The molecule has 0 aliphatic carbocycles. The van der Waals surface area contributed by atoms with Crippen molar-refractivity contribution in [2.75, 3.05) is 32.1 Å². The van der Waals surface area contributed by atoms with E-state index in [-0.39, 0.29) is 24.9 Å². The number of carbonyl (C=O) groups is 2. The Hall–Kier alpha value is -3.39. The summed E-state index contributed by atoms with van der Waals surface area (Å²) >= 11 is 0. The van der Waals surface area contributed by atoms with Crippen molar-refractivity contribution in [3.05, 3.63) is 59.3 Å². The molecule has 1 N–H and O–H groups in total. The van der Waals surface area contributed by atoms with Gasteiger partial charge in [0.1, 0.15) is 0 Å². The number of nitrogens with one attached hydrogen (secondary N) is 1. The molecule has 0 atom stereocenters. The van der Waals surface area contributed by atoms with Gasteiger partial charge in [0.25, 0.3) is 5.91 Å². The highest BCUT2D eigenvalue weighted by Gasteiger charge is 2.27. The van der Waals surface area contributed by atoms with E-state index in [4.69, 9.17) is 0 Å². The summed E-state index contributed by atoms with van der Waals surface area (Å²) in [6.07, 6.45) is 3.05. The molecular weight excluding hydrogens is 476 g/mol. The van der Waals surface area contributed by atoms with E-state index in [0.717, 1.165) is 28.1 Å². The number of rotatable bonds is 6. The number of nitrogens with zero attached hydrogens (tertiary/aromatic N) is 5. The van der Waals surface area contributed by atoms with E-state index < -0.39 is 0 Å². The normalized spacial score (nSPS) is 12.3. The lowest BCUT2D eigenvalue weighted by Gasteiger charge is -2.31. The molecule has 2 heterocycles. The van der Waals surface area contributed by atoms with Crippen LogP contribution >= 0.6 is 0 Å². The first kappa shape index (κ1) is 30.8. The Morgan fingerprint density at radius 1 is 1.05 bits per heavy atom. The molecule has 8 heteroatoms. The van der Waals surface area contributed by atoms with Gasteiger partial charge in [0.05, 0.1) is 24.8 Å². The highest BCUT2D eigenvalue weighted by molar-refractivity contribution is 5.90. The summed E-state index contributed by atoms with van der Waals surface area (Å²) in [4.78, 5) is 27.3. The van der Waals surface area contributed by atoms with Crippen LogP contribution in [0.25, 0.3) is 10.9 Å². The predicted molar refractivity (Wildman–Crippen MR) is 157 cm³/mol. The maximum Gasteiger partial charge on any atom is 0.256 e. The van der Waals surface area contributed by atoms with Gasteiger partial charge in [-0.3, -0.25) is 19.3 Å². The third kappa shape index (κ3) is 8.31. The van der Waals surface area contributed by atoms with E-state index in [0.29, 0.717) is 13.1 Å². The number of hydrogen-bond donors (Lipinski definition) is 1. The van der Waals surface area contributed by atoms with E-state index in [1.807, 2.05) is 52.8 Å². The number of hydrogen-bond acceptors (Lipinski definition) is 5. The lowest BCUT2D eigenvalue weighted by molar-refractivity contribution is -0.145. The summed E-state index contributed by atoms with van der Waals surface area (Å²) in [7, 11) is 5.30. The summed E-state index contributed by atoms with van der Waals surface area (Å²) in [5.74, 6) is 0.622. The van der Waals surface area contributed by atoms with E-state index in [1.165, 1.54) is 17.5 Å². The summed E-state index contributed by atoms with van der Waals surface area (Å²) < 4.78 is 1.82. The van der Waals surface area contributed by atoms with Crippen LogP contribution in [-0.2, 0) is 29.7 Å². The summed E-state index contributed by atoms with van der Waals surface area (Å²) in [5, 5.41) is 11.7. The zero-order chi connectivity index (χ0) is 28.4. The van der Waals surface area contributed by atoms with E-state index in [2.05, 4.69) is 57.2 Å². The van der Waals surface area contributed by atoms with Gasteiger partial charge in [-0.15, -0.1) is 0 Å². The molecule has 0 saturated heterocycles. The van der Waals surface area contributed by atoms with Gasteiger partial charge in [0.15, 0.2) is 0 Å². The van der Waals surface area contributed by atoms with E-state index >= 15 is 0 Å². The molecule has 0 unspecified atom stereocenters. The van der Waals surface area contributed by atoms with Crippen LogP contribution in [-0.4, -0.2) is 58.8 Å². The van der Waals surface area contributed by atoms with Crippen LogP contribution < -0.4 is 10.2 Å². The first-order chi connectivity index (χ1) is 18.0. The van der Waals surface area contributed by atoms with Crippen molar-refractivity contribution in [3.8, 4) is 0 Å². The van der Waals surface area contributed by atoms with E-state index in [9.17, 15) is 9.59 Å². The lowest BCUT2D eigenvalue weighted by atomic mass is 10.1. The second-order valence-electron chi connectivity index (χ2n) is 10.4. The van der Waals surface area contributed by atoms with Gasteiger partial charge in [0, 0.05) is 45.3 Å². The number of fused-ring (bicyclic) bond motifs is 2. The Morgan fingerprint density at radius 3 is 2.13 bits per heavy atom. The fraction of sp³-hybridized carbons (Fsp3) is 0.500. The van der Waals surface area contributed by atoms with Gasteiger partial charge in [-0.25, -0.2) is 5.01 Å². The van der Waals surface area contributed by atoms with Crippen LogP contribution in [0.5, 0.6) is 0 Å². The lowest BCUT2D eigenvalue weighted by Crippen LogP contribution is -2.47. The molecule has 0 saturated carbocycles. The van der Waals surface area contributed by atoms with Gasteiger partial charge in [0.2, 0.25) is 5.91 Å². The highest BCUT2D eigenvalue weighted by Crippen LogP contribution is 2.27. The first-order valence-corrected chi connectivity index (χ1v) is 13.5. The van der Waals surface area contributed by atoms with Crippen LogP contribution in [0.15, 0.2) is 42.6 Å². The molecule has 1 aliphatic heterocycles. The van der Waals surface area contributed by atoms with Crippen molar-refractivity contribution in [2.24, 2.45) is 13.0 Å². The zero-order valence-electron chi connectivity index (χ0n) is 24.7. The topological polar surface area (TPSA) is 73.7 Å². The largest absolute Gasteiger partial charge is 0.358 e. The Labute approximate surface area is 228 Å². The monoisotopic (exact) mass is 522 g/mol. The summed E-state index contributed by atoms with van der Waals surface area (Å²) in [5.41, 5.74) is 5.34. The molecule has 0 bridgehead atoms. The maximum absolute atomic E-state index is 13.2. The van der Waals surface area contributed by atoms with Gasteiger partial charge < -0.3 is 10.2 Å². The quantitative estimate of drug-likeness (QED) is 0.498. The first-order valence-electron chi connectivity index (χ1n) is 13.5. The Morgan fingerprint density at radius 2 is 1.61 bits per heavy atom.